The lowest BCUT2D eigenvalue weighted by molar-refractivity contribution is -0.113. The first kappa shape index (κ1) is 21.3. The molecule has 30 heavy (non-hydrogen) atoms. The molecular formula is C19H21ClN6O2S2. The van der Waals surface area contributed by atoms with E-state index in [9.17, 15) is 4.79 Å². The number of hydrogen-bond donors (Lipinski definition) is 1. The molecule has 1 amide bonds. The quantitative estimate of drug-likeness (QED) is 0.537. The summed E-state index contributed by atoms with van der Waals surface area (Å²) in [6.07, 6.45) is 0. The zero-order valence-corrected chi connectivity index (χ0v) is 18.8. The van der Waals surface area contributed by atoms with E-state index in [0.29, 0.717) is 35.1 Å². The second kappa shape index (κ2) is 9.88. The van der Waals surface area contributed by atoms with Gasteiger partial charge >= 0.3 is 0 Å². The van der Waals surface area contributed by atoms with Gasteiger partial charge in [0.05, 0.1) is 31.2 Å². The van der Waals surface area contributed by atoms with Gasteiger partial charge in [-0.1, -0.05) is 23.4 Å². The number of thioether (sulfide) groups is 1. The summed E-state index contributed by atoms with van der Waals surface area (Å²) in [6.45, 7) is 5.69. The molecule has 11 heteroatoms. The number of ether oxygens (including phenoxy) is 1. The van der Waals surface area contributed by atoms with E-state index in [2.05, 4.69) is 25.4 Å². The van der Waals surface area contributed by atoms with Crippen molar-refractivity contribution < 1.29 is 9.53 Å². The first-order valence-electron chi connectivity index (χ1n) is 9.43. The number of nitrogens with zero attached hydrogens (tertiary/aromatic N) is 5. The lowest BCUT2D eigenvalue weighted by atomic mass is 10.3. The lowest BCUT2D eigenvalue weighted by Crippen LogP contribution is -2.36. The Labute approximate surface area is 187 Å². The number of nitrogens with one attached hydrogen (secondary N) is 1. The van der Waals surface area contributed by atoms with Crippen LogP contribution in [0.3, 0.4) is 0 Å². The molecule has 1 saturated heterocycles. The van der Waals surface area contributed by atoms with Crippen molar-refractivity contribution in [3.05, 3.63) is 46.2 Å². The maximum atomic E-state index is 12.3. The van der Waals surface area contributed by atoms with Gasteiger partial charge in [-0.3, -0.25) is 14.3 Å². The maximum Gasteiger partial charge on any atom is 0.236 e. The lowest BCUT2D eigenvalue weighted by Gasteiger charge is -2.26. The molecule has 0 aliphatic carbocycles. The van der Waals surface area contributed by atoms with Gasteiger partial charge in [0.2, 0.25) is 5.91 Å². The Kier molecular flexibility index (Phi) is 7.00. The Hall–Kier alpha value is -1.98. The highest BCUT2D eigenvalue weighted by Gasteiger charge is 2.20. The second-order valence-electron chi connectivity index (χ2n) is 6.73. The van der Waals surface area contributed by atoms with Crippen molar-refractivity contribution in [2.24, 2.45) is 0 Å². The van der Waals surface area contributed by atoms with E-state index >= 15 is 0 Å². The number of hydrogen-bond acceptors (Lipinski definition) is 8. The Morgan fingerprint density at radius 1 is 1.27 bits per heavy atom. The molecule has 0 bridgehead atoms. The first-order chi connectivity index (χ1) is 14.6. The molecule has 1 fully saturated rings. The fourth-order valence-corrected chi connectivity index (χ4v) is 4.60. The van der Waals surface area contributed by atoms with E-state index < -0.39 is 0 Å². The fraction of sp³-hybridized carbons (Fsp3) is 0.368. The van der Waals surface area contributed by atoms with E-state index in [1.54, 1.807) is 0 Å². The Morgan fingerprint density at radius 2 is 2.03 bits per heavy atom. The number of halogens is 1. The zero-order chi connectivity index (χ0) is 20.9. The average Bonchev–Trinajstić information content (AvgIpc) is 3.33. The number of morpholine rings is 1. The summed E-state index contributed by atoms with van der Waals surface area (Å²) in [5.74, 6) is 0.898. The van der Waals surface area contributed by atoms with Crippen molar-refractivity contribution in [2.75, 3.05) is 37.4 Å². The van der Waals surface area contributed by atoms with Gasteiger partial charge in [-0.05, 0) is 31.2 Å². The van der Waals surface area contributed by atoms with Crippen LogP contribution in [0.2, 0.25) is 5.02 Å². The minimum atomic E-state index is -0.130. The molecule has 3 aromatic rings. The Balaban J connectivity index is 1.51. The molecule has 4 rings (SSSR count). The SMILES string of the molecule is Cc1csc(NC(=O)CSc2nnc(CN3CCOCC3)n2-c2ccc(Cl)cc2)n1. The monoisotopic (exact) mass is 464 g/mol. The Bertz CT molecular complexity index is 1000. The minimum Gasteiger partial charge on any atom is -0.379 e. The largest absolute Gasteiger partial charge is 0.379 e. The zero-order valence-electron chi connectivity index (χ0n) is 16.4. The number of amides is 1. The van der Waals surface area contributed by atoms with Crippen LogP contribution in [0.25, 0.3) is 5.69 Å². The van der Waals surface area contributed by atoms with Gasteiger partial charge in [-0.15, -0.1) is 21.5 Å². The third-order valence-electron chi connectivity index (χ3n) is 4.45. The van der Waals surface area contributed by atoms with E-state index in [-0.39, 0.29) is 11.7 Å². The number of rotatable bonds is 7. The minimum absolute atomic E-state index is 0.130. The molecule has 0 spiro atoms. The number of carbonyl (C=O) groups excluding carboxylic acids is 1. The molecule has 8 nitrogen and oxygen atoms in total. The summed E-state index contributed by atoms with van der Waals surface area (Å²) >= 11 is 8.82. The molecule has 1 aromatic carbocycles. The predicted octanol–water partition coefficient (Wildman–Crippen LogP) is 3.25. The third kappa shape index (κ3) is 5.38. The molecule has 0 atom stereocenters. The highest BCUT2D eigenvalue weighted by molar-refractivity contribution is 7.99. The van der Waals surface area contributed by atoms with Crippen molar-refractivity contribution in [1.29, 1.82) is 0 Å². The van der Waals surface area contributed by atoms with Crippen LogP contribution in [0.4, 0.5) is 5.13 Å². The van der Waals surface area contributed by atoms with Gasteiger partial charge in [0, 0.05) is 29.2 Å². The first-order valence-corrected chi connectivity index (χ1v) is 11.7. The van der Waals surface area contributed by atoms with Crippen molar-refractivity contribution in [1.82, 2.24) is 24.6 Å². The van der Waals surface area contributed by atoms with Crippen LogP contribution in [-0.2, 0) is 16.1 Å². The van der Waals surface area contributed by atoms with Gasteiger partial charge in [-0.25, -0.2) is 4.98 Å². The van der Waals surface area contributed by atoms with Crippen molar-refractivity contribution in [2.45, 2.75) is 18.6 Å². The standard InChI is InChI=1S/C19H21ClN6O2S2/c1-13-11-29-18(21-13)22-17(27)12-30-19-24-23-16(10-25-6-8-28-9-7-25)26(19)15-4-2-14(20)3-5-15/h2-5,11H,6-10,12H2,1H3,(H,21,22,27). The fourth-order valence-electron chi connectivity index (χ4n) is 3.00. The molecule has 0 unspecified atom stereocenters. The second-order valence-corrected chi connectivity index (χ2v) is 8.97. The Morgan fingerprint density at radius 3 is 2.73 bits per heavy atom. The third-order valence-corrected chi connectivity index (χ3v) is 6.51. The number of anilines is 1. The summed E-state index contributed by atoms with van der Waals surface area (Å²) < 4.78 is 7.42. The van der Waals surface area contributed by atoms with E-state index in [0.717, 1.165) is 30.3 Å². The molecule has 0 saturated carbocycles. The van der Waals surface area contributed by atoms with Crippen LogP contribution in [0.5, 0.6) is 0 Å². The highest BCUT2D eigenvalue weighted by Crippen LogP contribution is 2.25. The van der Waals surface area contributed by atoms with Gasteiger partial charge in [0.1, 0.15) is 0 Å². The van der Waals surface area contributed by atoms with Gasteiger partial charge in [-0.2, -0.15) is 0 Å². The van der Waals surface area contributed by atoms with E-state index in [1.165, 1.54) is 23.1 Å². The van der Waals surface area contributed by atoms with Crippen LogP contribution < -0.4 is 5.32 Å². The van der Waals surface area contributed by atoms with Crippen LogP contribution >= 0.6 is 34.7 Å². The van der Waals surface area contributed by atoms with Crippen LogP contribution in [0, 0.1) is 6.92 Å². The van der Waals surface area contributed by atoms with Crippen LogP contribution in [0.15, 0.2) is 34.8 Å². The number of benzene rings is 1. The number of thiazole rings is 1. The van der Waals surface area contributed by atoms with Crippen molar-refractivity contribution in [3.63, 3.8) is 0 Å². The average molecular weight is 465 g/mol. The molecular weight excluding hydrogens is 444 g/mol. The van der Waals surface area contributed by atoms with E-state index in [4.69, 9.17) is 16.3 Å². The molecule has 1 aliphatic heterocycles. The maximum absolute atomic E-state index is 12.3. The molecule has 2 aromatic heterocycles. The van der Waals surface area contributed by atoms with Gasteiger partial charge in [0.25, 0.3) is 0 Å². The summed E-state index contributed by atoms with van der Waals surface area (Å²) in [7, 11) is 0. The number of aryl methyl sites for hydroxylation is 1. The summed E-state index contributed by atoms with van der Waals surface area (Å²) in [5.41, 5.74) is 1.80. The normalized spacial score (nSPS) is 14.7. The summed E-state index contributed by atoms with van der Waals surface area (Å²) in [4.78, 5) is 18.9. The van der Waals surface area contributed by atoms with Crippen LogP contribution in [0.1, 0.15) is 11.5 Å². The van der Waals surface area contributed by atoms with E-state index in [1.807, 2.05) is 41.1 Å². The molecule has 0 radical (unpaired) electrons. The van der Waals surface area contributed by atoms with Gasteiger partial charge < -0.3 is 10.1 Å². The van der Waals surface area contributed by atoms with Crippen molar-refractivity contribution >= 4 is 45.7 Å². The number of carbonyl (C=O) groups is 1. The summed E-state index contributed by atoms with van der Waals surface area (Å²) in [6, 6.07) is 7.52. The van der Waals surface area contributed by atoms with Crippen molar-refractivity contribution in [3.8, 4) is 5.69 Å². The molecule has 158 valence electrons. The molecule has 1 N–H and O–H groups in total. The molecule has 3 heterocycles. The topological polar surface area (TPSA) is 85.2 Å². The number of aromatic nitrogens is 4. The smallest absolute Gasteiger partial charge is 0.236 e. The molecule has 1 aliphatic rings. The van der Waals surface area contributed by atoms with Crippen LogP contribution in [-0.4, -0.2) is 62.6 Å². The predicted molar refractivity (Wildman–Crippen MR) is 119 cm³/mol. The summed E-state index contributed by atoms with van der Waals surface area (Å²) in [5, 5.41) is 15.4. The highest BCUT2D eigenvalue weighted by atomic mass is 35.5. The van der Waals surface area contributed by atoms with Gasteiger partial charge in [0.15, 0.2) is 16.1 Å².